The Morgan fingerprint density at radius 2 is 1.89 bits per heavy atom. The van der Waals surface area contributed by atoms with E-state index < -0.39 is 0 Å². The number of aromatic nitrogens is 4. The molecule has 1 aliphatic heterocycles. The number of nitrogens with one attached hydrogen (secondary N) is 2. The van der Waals surface area contributed by atoms with Crippen LogP contribution in [0.4, 0.5) is 16.4 Å². The number of hydrogen-bond acceptors (Lipinski definition) is 5. The highest BCUT2D eigenvalue weighted by molar-refractivity contribution is 5.89. The molecule has 1 saturated carbocycles. The van der Waals surface area contributed by atoms with Crippen molar-refractivity contribution in [2.75, 3.05) is 23.3 Å². The van der Waals surface area contributed by atoms with Crippen LogP contribution in [0.15, 0.2) is 24.8 Å². The molecule has 2 aromatic rings. The number of amides is 2. The Bertz CT molecular complexity index is 762. The molecule has 27 heavy (non-hydrogen) atoms. The van der Waals surface area contributed by atoms with Gasteiger partial charge in [-0.15, -0.1) is 0 Å². The second-order valence-electron chi connectivity index (χ2n) is 7.48. The van der Waals surface area contributed by atoms with Gasteiger partial charge in [0.25, 0.3) is 0 Å². The number of piperidine rings is 1. The summed E-state index contributed by atoms with van der Waals surface area (Å²) in [6.45, 7) is 3.72. The fourth-order valence-electron chi connectivity index (χ4n) is 4.07. The van der Waals surface area contributed by atoms with Crippen LogP contribution in [0.25, 0.3) is 0 Å². The lowest BCUT2D eigenvalue weighted by Crippen LogP contribution is -2.46. The molecule has 0 aromatic carbocycles. The molecule has 2 amide bonds. The van der Waals surface area contributed by atoms with Gasteiger partial charge in [-0.05, 0) is 32.6 Å². The molecule has 2 aliphatic rings. The second kappa shape index (κ2) is 7.94. The average Bonchev–Trinajstić information content (AvgIpc) is 3.34. The van der Waals surface area contributed by atoms with Crippen molar-refractivity contribution in [3.05, 3.63) is 30.4 Å². The molecular formula is C19H27N7O. The summed E-state index contributed by atoms with van der Waals surface area (Å²) in [5.74, 6) is 1.73. The van der Waals surface area contributed by atoms with Crippen molar-refractivity contribution in [3.63, 3.8) is 0 Å². The van der Waals surface area contributed by atoms with Crippen LogP contribution in [0.1, 0.15) is 50.1 Å². The predicted octanol–water partition coefficient (Wildman–Crippen LogP) is 2.89. The lowest BCUT2D eigenvalue weighted by atomic mass is 10.1. The summed E-state index contributed by atoms with van der Waals surface area (Å²) >= 11 is 0. The molecule has 0 radical (unpaired) electrons. The number of urea groups is 1. The first kappa shape index (κ1) is 17.8. The molecule has 2 fully saturated rings. The van der Waals surface area contributed by atoms with Gasteiger partial charge in [0.15, 0.2) is 0 Å². The monoisotopic (exact) mass is 369 g/mol. The third-order valence-electron chi connectivity index (χ3n) is 5.58. The van der Waals surface area contributed by atoms with E-state index in [-0.39, 0.29) is 12.1 Å². The van der Waals surface area contributed by atoms with Crippen LogP contribution < -0.4 is 15.5 Å². The molecule has 144 valence electrons. The van der Waals surface area contributed by atoms with E-state index in [1.54, 1.807) is 18.6 Å². The smallest absolute Gasteiger partial charge is 0.320 e. The Balaban J connectivity index is 1.31. The summed E-state index contributed by atoms with van der Waals surface area (Å²) in [4.78, 5) is 23.2. The standard InChI is InChI=1S/C19H27N7O/c1-14-12-22-26(16-4-2-3-5-16)18(14)24-19(27)23-15-6-10-25(11-7-15)17-13-20-8-9-21-17/h8-9,12-13,15-16H,2-7,10-11H2,1H3,(H2,23,24,27). The lowest BCUT2D eigenvalue weighted by Gasteiger charge is -2.32. The molecular weight excluding hydrogens is 342 g/mol. The molecule has 8 nitrogen and oxygen atoms in total. The molecule has 8 heteroatoms. The highest BCUT2D eigenvalue weighted by Crippen LogP contribution is 2.32. The van der Waals surface area contributed by atoms with E-state index in [2.05, 4.69) is 30.6 Å². The van der Waals surface area contributed by atoms with E-state index in [9.17, 15) is 4.79 Å². The molecule has 2 aromatic heterocycles. The normalized spacial score (nSPS) is 18.6. The molecule has 0 bridgehead atoms. The third-order valence-corrected chi connectivity index (χ3v) is 5.58. The van der Waals surface area contributed by atoms with Crippen LogP contribution in [0.3, 0.4) is 0 Å². The SMILES string of the molecule is Cc1cnn(C2CCCC2)c1NC(=O)NC1CCN(c2cnccn2)CC1. The Morgan fingerprint density at radius 1 is 1.11 bits per heavy atom. The van der Waals surface area contributed by atoms with Crippen molar-refractivity contribution in [1.82, 2.24) is 25.1 Å². The van der Waals surface area contributed by atoms with Gasteiger partial charge in [-0.25, -0.2) is 14.5 Å². The Morgan fingerprint density at radius 3 is 2.59 bits per heavy atom. The van der Waals surface area contributed by atoms with Gasteiger partial charge < -0.3 is 10.2 Å². The van der Waals surface area contributed by atoms with Crippen LogP contribution in [-0.4, -0.2) is 44.9 Å². The van der Waals surface area contributed by atoms with Crippen molar-refractivity contribution in [2.24, 2.45) is 0 Å². The number of aryl methyl sites for hydroxylation is 1. The third kappa shape index (κ3) is 4.04. The Hall–Kier alpha value is -2.64. The van der Waals surface area contributed by atoms with Gasteiger partial charge in [0.2, 0.25) is 0 Å². The first-order chi connectivity index (χ1) is 13.2. The predicted molar refractivity (Wildman–Crippen MR) is 104 cm³/mol. The maximum atomic E-state index is 12.6. The van der Waals surface area contributed by atoms with E-state index in [1.807, 2.05) is 17.8 Å². The Kier molecular flexibility index (Phi) is 5.22. The minimum atomic E-state index is -0.143. The summed E-state index contributed by atoms with van der Waals surface area (Å²) in [5, 5.41) is 10.7. The fraction of sp³-hybridized carbons (Fsp3) is 0.579. The maximum Gasteiger partial charge on any atom is 0.320 e. The number of carbonyl (C=O) groups excluding carboxylic acids is 1. The quantitative estimate of drug-likeness (QED) is 0.865. The van der Waals surface area contributed by atoms with Gasteiger partial charge in [-0.3, -0.25) is 10.3 Å². The molecule has 4 rings (SSSR count). The summed E-state index contributed by atoms with van der Waals surface area (Å²) in [5.41, 5.74) is 1.01. The van der Waals surface area contributed by atoms with Gasteiger partial charge in [0.05, 0.1) is 18.4 Å². The molecule has 3 heterocycles. The zero-order chi connectivity index (χ0) is 18.6. The maximum absolute atomic E-state index is 12.6. The second-order valence-corrected chi connectivity index (χ2v) is 7.48. The van der Waals surface area contributed by atoms with Gasteiger partial charge in [-0.2, -0.15) is 5.10 Å². The van der Waals surface area contributed by atoms with Gasteiger partial charge >= 0.3 is 6.03 Å². The summed E-state index contributed by atoms with van der Waals surface area (Å²) in [7, 11) is 0. The van der Waals surface area contributed by atoms with Gasteiger partial charge in [0, 0.05) is 37.1 Å². The number of nitrogens with zero attached hydrogens (tertiary/aromatic N) is 5. The average molecular weight is 369 g/mol. The number of carbonyl (C=O) groups is 1. The highest BCUT2D eigenvalue weighted by atomic mass is 16.2. The van der Waals surface area contributed by atoms with Crippen LogP contribution in [0, 0.1) is 6.92 Å². The number of anilines is 2. The fourth-order valence-corrected chi connectivity index (χ4v) is 4.07. The zero-order valence-electron chi connectivity index (χ0n) is 15.8. The van der Waals surface area contributed by atoms with E-state index in [4.69, 9.17) is 0 Å². The van der Waals surface area contributed by atoms with Crippen LogP contribution in [0.5, 0.6) is 0 Å². The molecule has 1 saturated heterocycles. The largest absolute Gasteiger partial charge is 0.355 e. The van der Waals surface area contributed by atoms with E-state index in [0.29, 0.717) is 6.04 Å². The topological polar surface area (TPSA) is 88.0 Å². The number of hydrogen-bond donors (Lipinski definition) is 2. The van der Waals surface area contributed by atoms with Crippen LogP contribution in [-0.2, 0) is 0 Å². The summed E-state index contributed by atoms with van der Waals surface area (Å²) in [6, 6.07) is 0.432. The molecule has 0 atom stereocenters. The molecule has 2 N–H and O–H groups in total. The molecule has 0 spiro atoms. The first-order valence-electron chi connectivity index (χ1n) is 9.83. The highest BCUT2D eigenvalue weighted by Gasteiger charge is 2.24. The van der Waals surface area contributed by atoms with Gasteiger partial charge in [-0.1, -0.05) is 12.8 Å². The van der Waals surface area contributed by atoms with Crippen molar-refractivity contribution < 1.29 is 4.79 Å². The summed E-state index contributed by atoms with van der Waals surface area (Å²) in [6.07, 6.45) is 13.6. The van der Waals surface area contributed by atoms with Crippen molar-refractivity contribution in [3.8, 4) is 0 Å². The minimum Gasteiger partial charge on any atom is -0.355 e. The number of rotatable bonds is 4. The van der Waals surface area contributed by atoms with Crippen LogP contribution >= 0.6 is 0 Å². The lowest BCUT2D eigenvalue weighted by molar-refractivity contribution is 0.245. The van der Waals surface area contributed by atoms with Crippen molar-refractivity contribution in [1.29, 1.82) is 0 Å². The molecule has 1 aliphatic carbocycles. The van der Waals surface area contributed by atoms with Gasteiger partial charge in [0.1, 0.15) is 11.6 Å². The van der Waals surface area contributed by atoms with E-state index in [1.165, 1.54) is 12.8 Å². The first-order valence-corrected chi connectivity index (χ1v) is 9.83. The zero-order valence-corrected chi connectivity index (χ0v) is 15.8. The molecule has 0 unspecified atom stereocenters. The van der Waals surface area contributed by atoms with E-state index in [0.717, 1.165) is 56.0 Å². The van der Waals surface area contributed by atoms with Crippen molar-refractivity contribution >= 4 is 17.7 Å². The summed E-state index contributed by atoms with van der Waals surface area (Å²) < 4.78 is 2.00. The van der Waals surface area contributed by atoms with Crippen LogP contribution in [0.2, 0.25) is 0 Å². The van der Waals surface area contributed by atoms with Crippen molar-refractivity contribution in [2.45, 2.75) is 57.5 Å². The Labute approximate surface area is 159 Å². The minimum absolute atomic E-state index is 0.143. The van der Waals surface area contributed by atoms with E-state index >= 15 is 0 Å².